The van der Waals surface area contributed by atoms with Crippen LogP contribution in [-0.2, 0) is 20.8 Å². The molecule has 0 saturated heterocycles. The zero-order chi connectivity index (χ0) is 22.8. The lowest BCUT2D eigenvalue weighted by Gasteiger charge is -2.21. The SMILES string of the molecule is CCN(c1cccc([SH](=O)=O)c1)c1nc(Cl)nc(Nc2ccc(S(=O)(=O)O)c(C)c2)n1. The third-order valence-electron chi connectivity index (χ3n) is 4.22. The fraction of sp³-hybridized carbons (Fsp3) is 0.167. The first kappa shape index (κ1) is 22.9. The molecule has 31 heavy (non-hydrogen) atoms. The van der Waals surface area contributed by atoms with Crippen molar-refractivity contribution in [1.29, 1.82) is 0 Å². The van der Waals surface area contributed by atoms with E-state index in [1.54, 1.807) is 17.0 Å². The molecule has 0 saturated carbocycles. The molecule has 0 radical (unpaired) electrons. The van der Waals surface area contributed by atoms with Crippen molar-refractivity contribution >= 4 is 55.7 Å². The van der Waals surface area contributed by atoms with E-state index in [0.717, 1.165) is 0 Å². The molecule has 0 aliphatic heterocycles. The van der Waals surface area contributed by atoms with Crippen molar-refractivity contribution in [3.8, 4) is 0 Å². The predicted molar refractivity (Wildman–Crippen MR) is 117 cm³/mol. The largest absolute Gasteiger partial charge is 0.324 e. The molecule has 0 amide bonds. The Morgan fingerprint density at radius 3 is 2.48 bits per heavy atom. The minimum absolute atomic E-state index is 0.0942. The lowest BCUT2D eigenvalue weighted by molar-refractivity contribution is 0.482. The van der Waals surface area contributed by atoms with Gasteiger partial charge in [-0.2, -0.15) is 23.4 Å². The van der Waals surface area contributed by atoms with Gasteiger partial charge in [0.05, 0.1) is 9.79 Å². The lowest BCUT2D eigenvalue weighted by Crippen LogP contribution is -2.20. The minimum Gasteiger partial charge on any atom is -0.324 e. The van der Waals surface area contributed by atoms with Crippen LogP contribution in [0.2, 0.25) is 5.28 Å². The molecule has 3 aromatic rings. The van der Waals surface area contributed by atoms with Crippen LogP contribution in [0.15, 0.2) is 52.3 Å². The van der Waals surface area contributed by atoms with Gasteiger partial charge in [0.1, 0.15) is 0 Å². The highest BCUT2D eigenvalue weighted by atomic mass is 35.5. The molecule has 13 heteroatoms. The van der Waals surface area contributed by atoms with Gasteiger partial charge < -0.3 is 10.2 Å². The Kier molecular flexibility index (Phi) is 6.74. The summed E-state index contributed by atoms with van der Waals surface area (Å²) in [6, 6.07) is 10.5. The molecule has 0 aliphatic rings. The third kappa shape index (κ3) is 5.47. The summed E-state index contributed by atoms with van der Waals surface area (Å²) >= 11 is 6.06. The van der Waals surface area contributed by atoms with Crippen LogP contribution < -0.4 is 10.2 Å². The van der Waals surface area contributed by atoms with Gasteiger partial charge in [0.2, 0.25) is 17.2 Å². The summed E-state index contributed by atoms with van der Waals surface area (Å²) in [5.41, 5.74) is 1.35. The number of rotatable bonds is 7. The highest BCUT2D eigenvalue weighted by Crippen LogP contribution is 2.26. The fourth-order valence-corrected chi connectivity index (χ4v) is 4.18. The average molecular weight is 484 g/mol. The van der Waals surface area contributed by atoms with E-state index >= 15 is 0 Å². The third-order valence-corrected chi connectivity index (χ3v) is 6.10. The molecule has 0 aliphatic carbocycles. The molecular formula is C18H18ClN5O5S2. The molecule has 0 fully saturated rings. The van der Waals surface area contributed by atoms with Crippen molar-refractivity contribution in [2.75, 3.05) is 16.8 Å². The molecule has 1 aromatic heterocycles. The van der Waals surface area contributed by atoms with Gasteiger partial charge >= 0.3 is 0 Å². The van der Waals surface area contributed by atoms with Crippen LogP contribution in [0.3, 0.4) is 0 Å². The van der Waals surface area contributed by atoms with Crippen LogP contribution in [0.25, 0.3) is 0 Å². The van der Waals surface area contributed by atoms with Crippen molar-refractivity contribution in [1.82, 2.24) is 15.0 Å². The fourth-order valence-electron chi connectivity index (χ4n) is 2.88. The minimum atomic E-state index is -4.33. The van der Waals surface area contributed by atoms with Crippen LogP contribution in [0, 0.1) is 6.92 Å². The van der Waals surface area contributed by atoms with Gasteiger partial charge in [0.25, 0.3) is 10.1 Å². The predicted octanol–water partition coefficient (Wildman–Crippen LogP) is 2.95. The van der Waals surface area contributed by atoms with Gasteiger partial charge in [-0.05, 0) is 67.4 Å². The van der Waals surface area contributed by atoms with Crippen LogP contribution in [-0.4, -0.2) is 42.9 Å². The first-order valence-corrected chi connectivity index (χ1v) is 11.9. The first-order chi connectivity index (χ1) is 14.6. The van der Waals surface area contributed by atoms with E-state index in [-0.39, 0.29) is 27.0 Å². The number of aryl methyl sites for hydroxylation is 1. The normalized spacial score (nSPS) is 11.5. The van der Waals surface area contributed by atoms with E-state index in [9.17, 15) is 21.4 Å². The molecule has 164 valence electrons. The second-order valence-electron chi connectivity index (χ2n) is 6.33. The quantitative estimate of drug-likeness (QED) is 0.339. The van der Waals surface area contributed by atoms with Crippen LogP contribution in [0.1, 0.15) is 12.5 Å². The Balaban J connectivity index is 1.96. The van der Waals surface area contributed by atoms with Gasteiger partial charge in [-0.3, -0.25) is 4.55 Å². The zero-order valence-corrected chi connectivity index (χ0v) is 18.8. The lowest BCUT2D eigenvalue weighted by atomic mass is 10.2. The maximum atomic E-state index is 11.4. The number of hydrogen-bond donors (Lipinski definition) is 3. The Hall–Kier alpha value is -2.80. The number of anilines is 4. The average Bonchev–Trinajstić information content (AvgIpc) is 2.67. The van der Waals surface area contributed by atoms with Gasteiger partial charge in [-0.15, -0.1) is 0 Å². The maximum absolute atomic E-state index is 11.4. The number of halogens is 1. The number of nitrogens with zero attached hydrogens (tertiary/aromatic N) is 4. The van der Waals surface area contributed by atoms with Crippen LogP contribution in [0.4, 0.5) is 23.3 Å². The highest BCUT2D eigenvalue weighted by Gasteiger charge is 2.16. The number of aromatic nitrogens is 3. The molecule has 2 N–H and O–H groups in total. The summed E-state index contributed by atoms with van der Waals surface area (Å²) in [4.78, 5) is 14.1. The molecule has 0 spiro atoms. The second kappa shape index (κ2) is 9.14. The van der Waals surface area contributed by atoms with E-state index in [4.69, 9.17) is 11.6 Å². The summed E-state index contributed by atoms with van der Waals surface area (Å²) in [5.74, 6) is 0.285. The Morgan fingerprint density at radius 1 is 1.13 bits per heavy atom. The van der Waals surface area contributed by atoms with E-state index in [0.29, 0.717) is 23.5 Å². The summed E-state index contributed by atoms with van der Waals surface area (Å²) in [5, 5.41) is 2.82. The zero-order valence-electron chi connectivity index (χ0n) is 16.4. The number of hydrogen-bond acceptors (Lipinski definition) is 9. The van der Waals surface area contributed by atoms with Crippen molar-refractivity contribution in [3.05, 3.63) is 53.3 Å². The van der Waals surface area contributed by atoms with Crippen LogP contribution >= 0.6 is 11.6 Å². The van der Waals surface area contributed by atoms with Crippen molar-refractivity contribution < 1.29 is 21.4 Å². The molecule has 10 nitrogen and oxygen atoms in total. The number of thiol groups is 1. The molecule has 0 atom stereocenters. The first-order valence-electron chi connectivity index (χ1n) is 8.87. The topological polar surface area (TPSA) is 142 Å². The molecular weight excluding hydrogens is 466 g/mol. The molecule has 3 rings (SSSR count). The van der Waals surface area contributed by atoms with Gasteiger partial charge in [-0.25, -0.2) is 8.42 Å². The summed E-state index contributed by atoms with van der Waals surface area (Å²) in [7, 11) is -7.08. The molecule has 2 aromatic carbocycles. The second-order valence-corrected chi connectivity index (χ2v) is 9.09. The molecule has 0 unspecified atom stereocenters. The highest BCUT2D eigenvalue weighted by molar-refractivity contribution is 7.85. The summed E-state index contributed by atoms with van der Waals surface area (Å²) in [6.45, 7) is 3.79. The van der Waals surface area contributed by atoms with E-state index in [1.165, 1.54) is 37.3 Å². The number of benzene rings is 2. The Morgan fingerprint density at radius 2 is 1.87 bits per heavy atom. The smallest absolute Gasteiger partial charge is 0.294 e. The van der Waals surface area contributed by atoms with E-state index in [2.05, 4.69) is 20.3 Å². The monoisotopic (exact) mass is 483 g/mol. The van der Waals surface area contributed by atoms with Gasteiger partial charge in [0.15, 0.2) is 10.7 Å². The summed E-state index contributed by atoms with van der Waals surface area (Å²) < 4.78 is 54.6. The van der Waals surface area contributed by atoms with Crippen molar-refractivity contribution in [2.45, 2.75) is 23.6 Å². The van der Waals surface area contributed by atoms with Crippen molar-refractivity contribution in [2.24, 2.45) is 0 Å². The summed E-state index contributed by atoms with van der Waals surface area (Å²) in [6.07, 6.45) is 0. The molecule has 0 bridgehead atoms. The standard InChI is InChI=1S/C18H18ClN5O5S2/c1-3-24(13-5-4-6-14(10-13)30(25)26)18-22-16(19)21-17(23-18)20-12-7-8-15(11(2)9-12)31(27,28)29/h4-10,30H,3H2,1-2H3,(H,27,28,29)(H,20,21,22,23). The van der Waals surface area contributed by atoms with Crippen molar-refractivity contribution in [3.63, 3.8) is 0 Å². The van der Waals surface area contributed by atoms with E-state index in [1.807, 2.05) is 6.92 Å². The van der Waals surface area contributed by atoms with E-state index < -0.39 is 20.8 Å². The maximum Gasteiger partial charge on any atom is 0.294 e. The Labute approximate surface area is 185 Å². The Bertz CT molecular complexity index is 1310. The van der Waals surface area contributed by atoms with Crippen LogP contribution in [0.5, 0.6) is 0 Å². The van der Waals surface area contributed by atoms with Gasteiger partial charge in [-0.1, -0.05) is 6.07 Å². The van der Waals surface area contributed by atoms with Gasteiger partial charge in [0, 0.05) is 17.9 Å². The molecule has 1 heterocycles. The number of nitrogens with one attached hydrogen (secondary N) is 1.